The Balaban J connectivity index is 2.00. The lowest BCUT2D eigenvalue weighted by molar-refractivity contribution is -0.241. The standard InChI is InChI=1S/C15H21O3/c1-2-3-4-5-6-10-13-17-18-15(16)14-11-8-7-9-12-14/h7-9,11-12H,1-6,10,13H2. The van der Waals surface area contributed by atoms with E-state index in [1.807, 2.05) is 6.07 Å². The number of benzene rings is 1. The average molecular weight is 249 g/mol. The Morgan fingerprint density at radius 1 is 1.00 bits per heavy atom. The van der Waals surface area contributed by atoms with E-state index in [1.54, 1.807) is 24.3 Å². The highest BCUT2D eigenvalue weighted by Crippen LogP contribution is 2.06. The lowest BCUT2D eigenvalue weighted by atomic mass is 10.1. The van der Waals surface area contributed by atoms with E-state index in [1.165, 1.54) is 19.3 Å². The maximum atomic E-state index is 11.5. The predicted molar refractivity (Wildman–Crippen MR) is 70.9 cm³/mol. The fourth-order valence-electron chi connectivity index (χ4n) is 1.59. The van der Waals surface area contributed by atoms with E-state index in [9.17, 15) is 4.79 Å². The Kier molecular flexibility index (Phi) is 7.89. The van der Waals surface area contributed by atoms with Crippen molar-refractivity contribution in [2.24, 2.45) is 0 Å². The Labute approximate surface area is 109 Å². The zero-order valence-corrected chi connectivity index (χ0v) is 10.8. The molecule has 0 aliphatic heterocycles. The molecule has 0 aliphatic rings. The molecule has 1 aromatic rings. The molecular formula is C15H21O3. The minimum absolute atomic E-state index is 0.437. The fourth-order valence-corrected chi connectivity index (χ4v) is 1.59. The minimum atomic E-state index is -0.437. The van der Waals surface area contributed by atoms with Crippen LogP contribution in [-0.2, 0) is 9.78 Å². The third-order valence-electron chi connectivity index (χ3n) is 2.62. The monoisotopic (exact) mass is 249 g/mol. The maximum absolute atomic E-state index is 11.5. The predicted octanol–water partition coefficient (Wildman–Crippen LogP) is 3.95. The molecule has 0 unspecified atom stereocenters. The van der Waals surface area contributed by atoms with Crippen LogP contribution in [0.5, 0.6) is 0 Å². The molecule has 0 aliphatic carbocycles. The van der Waals surface area contributed by atoms with Gasteiger partial charge in [-0.05, 0) is 18.6 Å². The van der Waals surface area contributed by atoms with Crippen LogP contribution in [0.4, 0.5) is 0 Å². The molecule has 99 valence electrons. The van der Waals surface area contributed by atoms with Gasteiger partial charge in [-0.25, -0.2) is 4.79 Å². The van der Waals surface area contributed by atoms with Gasteiger partial charge >= 0.3 is 5.97 Å². The zero-order valence-electron chi connectivity index (χ0n) is 10.8. The van der Waals surface area contributed by atoms with Crippen LogP contribution in [0.15, 0.2) is 30.3 Å². The minimum Gasteiger partial charge on any atom is -0.293 e. The van der Waals surface area contributed by atoms with Gasteiger partial charge in [0.15, 0.2) is 0 Å². The summed E-state index contributed by atoms with van der Waals surface area (Å²) in [4.78, 5) is 21.1. The van der Waals surface area contributed by atoms with Gasteiger partial charge in [0.1, 0.15) is 0 Å². The van der Waals surface area contributed by atoms with Crippen molar-refractivity contribution >= 4 is 5.97 Å². The molecule has 0 aromatic heterocycles. The van der Waals surface area contributed by atoms with Crippen molar-refractivity contribution in [2.45, 2.75) is 38.5 Å². The molecule has 0 atom stereocenters. The highest BCUT2D eigenvalue weighted by Gasteiger charge is 2.06. The van der Waals surface area contributed by atoms with E-state index in [0.29, 0.717) is 12.2 Å². The zero-order chi connectivity index (χ0) is 13.1. The van der Waals surface area contributed by atoms with Gasteiger partial charge in [-0.3, -0.25) is 4.89 Å². The van der Waals surface area contributed by atoms with E-state index in [-0.39, 0.29) is 0 Å². The van der Waals surface area contributed by atoms with Crippen molar-refractivity contribution in [1.29, 1.82) is 0 Å². The van der Waals surface area contributed by atoms with E-state index in [2.05, 4.69) is 6.92 Å². The van der Waals surface area contributed by atoms with Crippen LogP contribution in [0, 0.1) is 6.92 Å². The number of rotatable bonds is 9. The van der Waals surface area contributed by atoms with Crippen LogP contribution in [0.3, 0.4) is 0 Å². The first-order chi connectivity index (χ1) is 8.84. The number of hydrogen-bond acceptors (Lipinski definition) is 3. The van der Waals surface area contributed by atoms with Crippen molar-refractivity contribution in [3.63, 3.8) is 0 Å². The molecule has 18 heavy (non-hydrogen) atoms. The Hall–Kier alpha value is -1.35. The SMILES string of the molecule is [CH2]CCCCCCCOOC(=O)c1ccccc1. The van der Waals surface area contributed by atoms with E-state index >= 15 is 0 Å². The van der Waals surface area contributed by atoms with Gasteiger partial charge in [-0.1, -0.05) is 57.2 Å². The van der Waals surface area contributed by atoms with Gasteiger partial charge in [0, 0.05) is 0 Å². The van der Waals surface area contributed by atoms with Crippen molar-refractivity contribution in [3.8, 4) is 0 Å². The van der Waals surface area contributed by atoms with Crippen LogP contribution in [0.25, 0.3) is 0 Å². The Bertz CT molecular complexity index is 322. The van der Waals surface area contributed by atoms with Crippen LogP contribution < -0.4 is 0 Å². The van der Waals surface area contributed by atoms with Crippen LogP contribution >= 0.6 is 0 Å². The van der Waals surface area contributed by atoms with Crippen molar-refractivity contribution in [2.75, 3.05) is 6.61 Å². The lowest BCUT2D eigenvalue weighted by Gasteiger charge is -2.03. The molecule has 3 heteroatoms. The summed E-state index contributed by atoms with van der Waals surface area (Å²) >= 11 is 0. The second-order valence-electron chi connectivity index (χ2n) is 4.18. The molecule has 0 fully saturated rings. The molecule has 0 saturated carbocycles. The number of carbonyl (C=O) groups excluding carboxylic acids is 1. The van der Waals surface area contributed by atoms with Gasteiger partial charge in [-0.15, -0.1) is 0 Å². The quantitative estimate of drug-likeness (QED) is 0.377. The molecule has 0 amide bonds. The van der Waals surface area contributed by atoms with E-state index < -0.39 is 5.97 Å². The van der Waals surface area contributed by atoms with Crippen molar-refractivity contribution in [3.05, 3.63) is 42.8 Å². The molecular weight excluding hydrogens is 228 g/mol. The first kappa shape index (κ1) is 14.7. The molecule has 0 N–H and O–H groups in total. The molecule has 0 bridgehead atoms. The average Bonchev–Trinajstić information content (AvgIpc) is 2.42. The molecule has 0 spiro atoms. The lowest BCUT2D eigenvalue weighted by Crippen LogP contribution is -2.06. The van der Waals surface area contributed by atoms with Crippen LogP contribution in [-0.4, -0.2) is 12.6 Å². The van der Waals surface area contributed by atoms with Crippen LogP contribution in [0.1, 0.15) is 48.9 Å². The highest BCUT2D eigenvalue weighted by molar-refractivity contribution is 5.88. The second-order valence-corrected chi connectivity index (χ2v) is 4.18. The number of hydrogen-bond donors (Lipinski definition) is 0. The molecule has 0 saturated heterocycles. The van der Waals surface area contributed by atoms with Crippen molar-refractivity contribution in [1.82, 2.24) is 0 Å². The van der Waals surface area contributed by atoms with Gasteiger partial charge in [0.25, 0.3) is 0 Å². The third-order valence-corrected chi connectivity index (χ3v) is 2.62. The summed E-state index contributed by atoms with van der Waals surface area (Å²) in [5, 5.41) is 0. The summed E-state index contributed by atoms with van der Waals surface area (Å²) in [6, 6.07) is 8.83. The summed E-state index contributed by atoms with van der Waals surface area (Å²) in [5.41, 5.74) is 0.507. The largest absolute Gasteiger partial charge is 0.373 e. The first-order valence-corrected chi connectivity index (χ1v) is 6.52. The smallest absolute Gasteiger partial charge is 0.293 e. The fraction of sp³-hybridized carbons (Fsp3) is 0.467. The summed E-state index contributed by atoms with van der Waals surface area (Å²) in [7, 11) is 0. The topological polar surface area (TPSA) is 35.5 Å². The van der Waals surface area contributed by atoms with Gasteiger partial charge < -0.3 is 0 Å². The van der Waals surface area contributed by atoms with Gasteiger partial charge in [0.05, 0.1) is 12.2 Å². The molecule has 1 aromatic carbocycles. The second kappa shape index (κ2) is 9.66. The maximum Gasteiger partial charge on any atom is 0.373 e. The van der Waals surface area contributed by atoms with E-state index in [4.69, 9.17) is 9.78 Å². The first-order valence-electron chi connectivity index (χ1n) is 6.52. The molecule has 0 heterocycles. The summed E-state index contributed by atoms with van der Waals surface area (Å²) in [5.74, 6) is -0.437. The van der Waals surface area contributed by atoms with E-state index in [0.717, 1.165) is 19.3 Å². The highest BCUT2D eigenvalue weighted by atomic mass is 17.2. The van der Waals surface area contributed by atoms with Crippen molar-refractivity contribution < 1.29 is 14.6 Å². The molecule has 1 rings (SSSR count). The number of carbonyl (C=O) groups is 1. The van der Waals surface area contributed by atoms with Crippen LogP contribution in [0.2, 0.25) is 0 Å². The van der Waals surface area contributed by atoms with Gasteiger partial charge in [0.2, 0.25) is 0 Å². The normalized spacial score (nSPS) is 10.3. The molecule has 3 nitrogen and oxygen atoms in total. The van der Waals surface area contributed by atoms with Gasteiger partial charge in [-0.2, -0.15) is 4.89 Å². The summed E-state index contributed by atoms with van der Waals surface area (Å²) < 4.78 is 0. The Morgan fingerprint density at radius 3 is 2.39 bits per heavy atom. The summed E-state index contributed by atoms with van der Waals surface area (Å²) in [6.07, 6.45) is 6.61. The Morgan fingerprint density at radius 2 is 1.67 bits per heavy atom. The number of unbranched alkanes of at least 4 members (excludes halogenated alkanes) is 5. The molecule has 1 radical (unpaired) electrons. The summed E-state index contributed by atoms with van der Waals surface area (Å²) in [6.45, 7) is 4.26. The third kappa shape index (κ3) is 6.40.